The number of hydrogen-bond acceptors (Lipinski definition) is 1. The molecule has 110 valence electrons. The molecule has 1 nitrogen and oxygen atoms in total. The molecule has 3 atom stereocenters. The van der Waals surface area contributed by atoms with Gasteiger partial charge in [0.15, 0.2) is 0 Å². The summed E-state index contributed by atoms with van der Waals surface area (Å²) < 4.78 is 0. The van der Waals surface area contributed by atoms with Crippen molar-refractivity contribution in [3.63, 3.8) is 0 Å². The van der Waals surface area contributed by atoms with E-state index < -0.39 is 0 Å². The molecule has 0 amide bonds. The zero-order chi connectivity index (χ0) is 13.8. The summed E-state index contributed by atoms with van der Waals surface area (Å²) in [6.07, 6.45) is 13.5. The number of rotatable bonds is 12. The van der Waals surface area contributed by atoms with Crippen LogP contribution in [-0.4, -0.2) is 11.2 Å². The fourth-order valence-corrected chi connectivity index (χ4v) is 2.45. The highest BCUT2D eigenvalue weighted by Crippen LogP contribution is 2.19. The van der Waals surface area contributed by atoms with Gasteiger partial charge in [-0.3, -0.25) is 0 Å². The SMILES string of the molecule is CCCCCCCC[C@@H](C)CCC[C@H](C)[C@@H](C)O. The first-order chi connectivity index (χ1) is 8.57. The average molecular weight is 256 g/mol. The molecule has 0 radical (unpaired) electrons. The third-order valence-electron chi connectivity index (χ3n) is 4.23. The molecule has 0 aromatic heterocycles. The topological polar surface area (TPSA) is 20.2 Å². The molecule has 0 unspecified atom stereocenters. The van der Waals surface area contributed by atoms with Gasteiger partial charge in [0.1, 0.15) is 0 Å². The Morgan fingerprint density at radius 1 is 0.722 bits per heavy atom. The number of hydrogen-bond donors (Lipinski definition) is 1. The van der Waals surface area contributed by atoms with Crippen molar-refractivity contribution in [2.75, 3.05) is 0 Å². The largest absolute Gasteiger partial charge is 0.393 e. The van der Waals surface area contributed by atoms with Gasteiger partial charge >= 0.3 is 0 Å². The lowest BCUT2D eigenvalue weighted by Gasteiger charge is -2.16. The van der Waals surface area contributed by atoms with Crippen molar-refractivity contribution in [1.29, 1.82) is 0 Å². The molecule has 1 N–H and O–H groups in total. The molecule has 0 aliphatic rings. The number of aliphatic hydroxyl groups excluding tert-OH is 1. The highest BCUT2D eigenvalue weighted by molar-refractivity contribution is 4.61. The Hall–Kier alpha value is -0.0400. The molecule has 0 spiro atoms. The number of aliphatic hydroxyl groups is 1. The second kappa shape index (κ2) is 12.0. The van der Waals surface area contributed by atoms with Crippen LogP contribution in [0.3, 0.4) is 0 Å². The molecular weight excluding hydrogens is 220 g/mol. The summed E-state index contributed by atoms with van der Waals surface area (Å²) in [4.78, 5) is 0. The van der Waals surface area contributed by atoms with E-state index in [4.69, 9.17) is 0 Å². The van der Waals surface area contributed by atoms with E-state index in [2.05, 4.69) is 20.8 Å². The van der Waals surface area contributed by atoms with Crippen molar-refractivity contribution in [2.24, 2.45) is 11.8 Å². The van der Waals surface area contributed by atoms with Gasteiger partial charge in [-0.15, -0.1) is 0 Å². The van der Waals surface area contributed by atoms with Crippen LogP contribution in [-0.2, 0) is 0 Å². The summed E-state index contributed by atoms with van der Waals surface area (Å²) >= 11 is 0. The minimum atomic E-state index is -0.140. The Labute approximate surface area is 115 Å². The van der Waals surface area contributed by atoms with Crippen molar-refractivity contribution in [1.82, 2.24) is 0 Å². The maximum atomic E-state index is 9.43. The smallest absolute Gasteiger partial charge is 0.0537 e. The molecule has 0 rings (SSSR count). The van der Waals surface area contributed by atoms with Gasteiger partial charge in [-0.25, -0.2) is 0 Å². The van der Waals surface area contributed by atoms with E-state index in [9.17, 15) is 5.11 Å². The first-order valence-electron chi connectivity index (χ1n) is 8.26. The first-order valence-corrected chi connectivity index (χ1v) is 8.26. The van der Waals surface area contributed by atoms with Gasteiger partial charge in [0, 0.05) is 0 Å². The Kier molecular flexibility index (Phi) is 12.0. The fraction of sp³-hybridized carbons (Fsp3) is 1.00. The molecule has 0 fully saturated rings. The van der Waals surface area contributed by atoms with Gasteiger partial charge in [0.2, 0.25) is 0 Å². The average Bonchev–Trinajstić information content (AvgIpc) is 2.33. The Balaban J connectivity index is 3.29. The summed E-state index contributed by atoms with van der Waals surface area (Å²) in [5.74, 6) is 1.34. The van der Waals surface area contributed by atoms with E-state index in [-0.39, 0.29) is 6.10 Å². The van der Waals surface area contributed by atoms with Gasteiger partial charge in [-0.2, -0.15) is 0 Å². The predicted octanol–water partition coefficient (Wildman–Crippen LogP) is 5.56. The van der Waals surface area contributed by atoms with E-state index in [0.717, 1.165) is 5.92 Å². The molecular formula is C17H36O. The normalized spacial score (nSPS) is 16.5. The molecule has 0 heterocycles. The van der Waals surface area contributed by atoms with Crippen LogP contribution in [0.1, 0.15) is 91.9 Å². The summed E-state index contributed by atoms with van der Waals surface area (Å²) in [5, 5.41) is 9.43. The third-order valence-corrected chi connectivity index (χ3v) is 4.23. The maximum Gasteiger partial charge on any atom is 0.0537 e. The Morgan fingerprint density at radius 3 is 1.89 bits per heavy atom. The van der Waals surface area contributed by atoms with Crippen LogP contribution in [0.4, 0.5) is 0 Å². The Bertz CT molecular complexity index is 165. The van der Waals surface area contributed by atoms with Crippen LogP contribution in [0.25, 0.3) is 0 Å². The van der Waals surface area contributed by atoms with Gasteiger partial charge in [-0.1, -0.05) is 78.6 Å². The lowest BCUT2D eigenvalue weighted by atomic mass is 9.93. The standard InChI is InChI=1S/C17H36O/c1-5-6-7-8-9-10-12-15(2)13-11-14-16(3)17(4)18/h15-18H,5-14H2,1-4H3/t15-,16+,17-/m1/s1. The molecule has 0 saturated heterocycles. The minimum Gasteiger partial charge on any atom is -0.393 e. The minimum absolute atomic E-state index is 0.140. The van der Waals surface area contributed by atoms with Crippen molar-refractivity contribution >= 4 is 0 Å². The van der Waals surface area contributed by atoms with E-state index in [1.54, 1.807) is 0 Å². The molecule has 0 aromatic carbocycles. The zero-order valence-electron chi connectivity index (χ0n) is 13.3. The zero-order valence-corrected chi connectivity index (χ0v) is 13.3. The number of unbranched alkanes of at least 4 members (excludes halogenated alkanes) is 5. The first kappa shape index (κ1) is 18.0. The predicted molar refractivity (Wildman–Crippen MR) is 81.9 cm³/mol. The Morgan fingerprint density at radius 2 is 1.28 bits per heavy atom. The van der Waals surface area contributed by atoms with Crippen LogP contribution in [0, 0.1) is 11.8 Å². The highest BCUT2D eigenvalue weighted by atomic mass is 16.3. The van der Waals surface area contributed by atoms with E-state index in [1.165, 1.54) is 64.2 Å². The lowest BCUT2D eigenvalue weighted by Crippen LogP contribution is -2.13. The van der Waals surface area contributed by atoms with Gasteiger partial charge in [0.25, 0.3) is 0 Å². The molecule has 18 heavy (non-hydrogen) atoms. The maximum absolute atomic E-state index is 9.43. The van der Waals surface area contributed by atoms with Crippen LogP contribution >= 0.6 is 0 Å². The molecule has 0 saturated carbocycles. The third kappa shape index (κ3) is 11.1. The van der Waals surface area contributed by atoms with Crippen LogP contribution in [0.15, 0.2) is 0 Å². The van der Waals surface area contributed by atoms with Gasteiger partial charge in [-0.05, 0) is 25.2 Å². The van der Waals surface area contributed by atoms with Gasteiger partial charge in [0.05, 0.1) is 6.10 Å². The fourth-order valence-electron chi connectivity index (χ4n) is 2.45. The second-order valence-corrected chi connectivity index (χ2v) is 6.31. The summed E-state index contributed by atoms with van der Waals surface area (Å²) in [6.45, 7) is 8.73. The molecule has 0 aliphatic heterocycles. The van der Waals surface area contributed by atoms with Crippen molar-refractivity contribution in [3.8, 4) is 0 Å². The highest BCUT2D eigenvalue weighted by Gasteiger charge is 2.09. The van der Waals surface area contributed by atoms with Crippen molar-refractivity contribution in [2.45, 2.75) is 98.0 Å². The van der Waals surface area contributed by atoms with Crippen LogP contribution in [0.2, 0.25) is 0 Å². The van der Waals surface area contributed by atoms with E-state index >= 15 is 0 Å². The van der Waals surface area contributed by atoms with E-state index in [0.29, 0.717) is 5.92 Å². The summed E-state index contributed by atoms with van der Waals surface area (Å²) in [5.41, 5.74) is 0. The van der Waals surface area contributed by atoms with Gasteiger partial charge < -0.3 is 5.11 Å². The van der Waals surface area contributed by atoms with Crippen LogP contribution < -0.4 is 0 Å². The lowest BCUT2D eigenvalue weighted by molar-refractivity contribution is 0.127. The second-order valence-electron chi connectivity index (χ2n) is 6.31. The summed E-state index contributed by atoms with van der Waals surface area (Å²) in [7, 11) is 0. The quantitative estimate of drug-likeness (QED) is 0.453. The molecule has 0 aromatic rings. The molecule has 0 aliphatic carbocycles. The van der Waals surface area contributed by atoms with Crippen molar-refractivity contribution < 1.29 is 5.11 Å². The van der Waals surface area contributed by atoms with E-state index in [1.807, 2.05) is 6.92 Å². The van der Waals surface area contributed by atoms with Crippen molar-refractivity contribution in [3.05, 3.63) is 0 Å². The molecule has 1 heteroatoms. The monoisotopic (exact) mass is 256 g/mol. The van der Waals surface area contributed by atoms with Crippen LogP contribution in [0.5, 0.6) is 0 Å². The summed E-state index contributed by atoms with van der Waals surface area (Å²) in [6, 6.07) is 0. The molecule has 0 bridgehead atoms.